The third kappa shape index (κ3) is 3.19. The van der Waals surface area contributed by atoms with Gasteiger partial charge in [0.2, 0.25) is 0 Å². The lowest BCUT2D eigenvalue weighted by Gasteiger charge is -2.34. The molecule has 3 rings (SSSR count). The highest BCUT2D eigenvalue weighted by molar-refractivity contribution is 6.62. The molecule has 0 spiro atoms. The summed E-state index contributed by atoms with van der Waals surface area (Å²) in [6, 6.07) is 5.26. The van der Waals surface area contributed by atoms with Crippen molar-refractivity contribution in [3.63, 3.8) is 0 Å². The molecule has 1 atom stereocenters. The SMILES string of the molecule is CCC1CN(c2ccc(B3OC(C)(C)C(C)(C)O3)cc2F)CCO1. The van der Waals surface area contributed by atoms with Crippen LogP contribution in [-0.4, -0.2) is 44.1 Å². The second-order valence-corrected chi connectivity index (χ2v) is 7.65. The van der Waals surface area contributed by atoms with E-state index >= 15 is 0 Å². The molecule has 2 aliphatic heterocycles. The molecule has 0 aliphatic carbocycles. The Bertz CT molecular complexity index is 592. The first kappa shape index (κ1) is 17.7. The van der Waals surface area contributed by atoms with Crippen LogP contribution in [0.25, 0.3) is 0 Å². The van der Waals surface area contributed by atoms with E-state index in [1.54, 1.807) is 0 Å². The van der Waals surface area contributed by atoms with Crippen LogP contribution in [0.1, 0.15) is 41.0 Å². The number of hydrogen-bond donors (Lipinski definition) is 0. The third-order valence-electron chi connectivity index (χ3n) is 5.43. The Morgan fingerprint density at radius 2 is 1.88 bits per heavy atom. The minimum atomic E-state index is -0.536. The number of rotatable bonds is 3. The first-order chi connectivity index (χ1) is 11.2. The number of hydrogen-bond acceptors (Lipinski definition) is 4. The van der Waals surface area contributed by atoms with Gasteiger partial charge in [-0.1, -0.05) is 13.0 Å². The van der Waals surface area contributed by atoms with Crippen molar-refractivity contribution in [3.8, 4) is 0 Å². The maximum atomic E-state index is 14.7. The molecule has 0 N–H and O–H groups in total. The molecule has 24 heavy (non-hydrogen) atoms. The lowest BCUT2D eigenvalue weighted by molar-refractivity contribution is 0.00578. The topological polar surface area (TPSA) is 30.9 Å². The molecule has 0 radical (unpaired) electrons. The van der Waals surface area contributed by atoms with Crippen LogP contribution < -0.4 is 10.4 Å². The average Bonchev–Trinajstić information content (AvgIpc) is 2.75. The highest BCUT2D eigenvalue weighted by atomic mass is 19.1. The van der Waals surface area contributed by atoms with Crippen LogP contribution >= 0.6 is 0 Å². The highest BCUT2D eigenvalue weighted by Gasteiger charge is 2.51. The van der Waals surface area contributed by atoms with Gasteiger partial charge in [-0.05, 0) is 51.7 Å². The highest BCUT2D eigenvalue weighted by Crippen LogP contribution is 2.36. The van der Waals surface area contributed by atoms with Crippen molar-refractivity contribution < 1.29 is 18.4 Å². The first-order valence-electron chi connectivity index (χ1n) is 8.75. The summed E-state index contributed by atoms with van der Waals surface area (Å²) in [5.41, 5.74) is 0.490. The fourth-order valence-electron chi connectivity index (χ4n) is 3.09. The van der Waals surface area contributed by atoms with E-state index in [-0.39, 0.29) is 11.9 Å². The normalized spacial score (nSPS) is 26.0. The zero-order valence-corrected chi connectivity index (χ0v) is 15.3. The number of halogens is 1. The Morgan fingerprint density at radius 1 is 1.21 bits per heavy atom. The van der Waals surface area contributed by atoms with E-state index in [2.05, 4.69) is 11.8 Å². The molecule has 1 aromatic rings. The number of ether oxygens (including phenoxy) is 1. The molecule has 1 aromatic carbocycles. The molecule has 0 bridgehead atoms. The van der Waals surface area contributed by atoms with Crippen LogP contribution in [0.4, 0.5) is 10.1 Å². The van der Waals surface area contributed by atoms with Gasteiger partial charge in [0.25, 0.3) is 0 Å². The number of benzene rings is 1. The summed E-state index contributed by atoms with van der Waals surface area (Å²) < 4.78 is 32.4. The summed E-state index contributed by atoms with van der Waals surface area (Å²) in [4.78, 5) is 2.06. The minimum absolute atomic E-state index is 0.168. The fraction of sp³-hybridized carbons (Fsp3) is 0.667. The lowest BCUT2D eigenvalue weighted by atomic mass is 9.79. The van der Waals surface area contributed by atoms with Crippen molar-refractivity contribution in [2.45, 2.75) is 58.3 Å². The van der Waals surface area contributed by atoms with Gasteiger partial charge in [0.1, 0.15) is 5.82 Å². The molecule has 2 fully saturated rings. The predicted molar refractivity (Wildman–Crippen MR) is 94.4 cm³/mol. The largest absolute Gasteiger partial charge is 0.494 e. The molecule has 132 valence electrons. The summed E-state index contributed by atoms with van der Waals surface area (Å²) in [6.07, 6.45) is 1.10. The van der Waals surface area contributed by atoms with Gasteiger partial charge in [0, 0.05) is 13.1 Å². The molecule has 4 nitrogen and oxygen atoms in total. The standard InChI is InChI=1S/C18H27BFNO3/c1-6-14-12-21(9-10-22-14)16-8-7-13(11-15(16)20)19-23-17(2,3)18(4,5)24-19/h7-8,11,14H,6,9-10,12H2,1-5H3. The Balaban J connectivity index is 1.78. The van der Waals surface area contributed by atoms with Gasteiger partial charge >= 0.3 is 7.12 Å². The summed E-state index contributed by atoms with van der Waals surface area (Å²) in [5, 5.41) is 0. The van der Waals surface area contributed by atoms with Gasteiger partial charge in [0.15, 0.2) is 0 Å². The Morgan fingerprint density at radius 3 is 2.46 bits per heavy atom. The Hall–Kier alpha value is -1.11. The third-order valence-corrected chi connectivity index (χ3v) is 5.43. The van der Waals surface area contributed by atoms with E-state index in [9.17, 15) is 4.39 Å². The van der Waals surface area contributed by atoms with Crippen molar-refractivity contribution in [1.82, 2.24) is 0 Å². The van der Waals surface area contributed by atoms with Crippen LogP contribution in [0.2, 0.25) is 0 Å². The molecule has 2 heterocycles. The summed E-state index contributed by atoms with van der Waals surface area (Å²) >= 11 is 0. The molecule has 1 unspecified atom stereocenters. The van der Waals surface area contributed by atoms with Gasteiger partial charge in [-0.2, -0.15) is 0 Å². The molecular weight excluding hydrogens is 308 g/mol. The zero-order valence-electron chi connectivity index (χ0n) is 15.3. The first-order valence-corrected chi connectivity index (χ1v) is 8.75. The molecule has 6 heteroatoms. The second kappa shape index (κ2) is 6.32. The predicted octanol–water partition coefficient (Wildman–Crippen LogP) is 2.74. The summed E-state index contributed by atoms with van der Waals surface area (Å²) in [7, 11) is -0.536. The van der Waals surface area contributed by atoms with Gasteiger partial charge < -0.3 is 18.9 Å². The van der Waals surface area contributed by atoms with Gasteiger partial charge in [-0.25, -0.2) is 4.39 Å². The van der Waals surface area contributed by atoms with Crippen LogP contribution in [0.3, 0.4) is 0 Å². The van der Waals surface area contributed by atoms with Crippen molar-refractivity contribution in [2.24, 2.45) is 0 Å². The van der Waals surface area contributed by atoms with Crippen LogP contribution in [0, 0.1) is 5.82 Å². The van der Waals surface area contributed by atoms with E-state index < -0.39 is 18.3 Å². The number of anilines is 1. The summed E-state index contributed by atoms with van der Waals surface area (Å²) in [6.45, 7) is 12.1. The van der Waals surface area contributed by atoms with Crippen LogP contribution in [0.15, 0.2) is 18.2 Å². The molecular formula is C18H27BFNO3. The molecule has 2 aliphatic rings. The van der Waals surface area contributed by atoms with Gasteiger partial charge in [-0.3, -0.25) is 0 Å². The van der Waals surface area contributed by atoms with E-state index in [1.807, 2.05) is 39.8 Å². The van der Waals surface area contributed by atoms with E-state index in [0.717, 1.165) is 18.4 Å². The maximum absolute atomic E-state index is 14.7. The molecule has 0 saturated carbocycles. The average molecular weight is 335 g/mol. The minimum Gasteiger partial charge on any atom is -0.399 e. The van der Waals surface area contributed by atoms with E-state index in [4.69, 9.17) is 14.0 Å². The molecule has 0 aromatic heterocycles. The Labute approximate surface area is 144 Å². The van der Waals surface area contributed by atoms with Gasteiger partial charge in [0.05, 0.1) is 29.6 Å². The van der Waals surface area contributed by atoms with E-state index in [0.29, 0.717) is 18.8 Å². The monoisotopic (exact) mass is 335 g/mol. The van der Waals surface area contributed by atoms with Crippen molar-refractivity contribution in [1.29, 1.82) is 0 Å². The van der Waals surface area contributed by atoms with Gasteiger partial charge in [-0.15, -0.1) is 0 Å². The fourth-order valence-corrected chi connectivity index (χ4v) is 3.09. The van der Waals surface area contributed by atoms with Crippen molar-refractivity contribution in [3.05, 3.63) is 24.0 Å². The second-order valence-electron chi connectivity index (χ2n) is 7.65. The maximum Gasteiger partial charge on any atom is 0.494 e. The molecule has 0 amide bonds. The summed E-state index contributed by atoms with van der Waals surface area (Å²) in [5.74, 6) is -0.237. The Kier molecular flexibility index (Phi) is 4.66. The lowest BCUT2D eigenvalue weighted by Crippen LogP contribution is -2.43. The molecule has 2 saturated heterocycles. The zero-order chi connectivity index (χ0) is 17.5. The number of nitrogens with zero attached hydrogens (tertiary/aromatic N) is 1. The number of morpholine rings is 1. The van der Waals surface area contributed by atoms with E-state index in [1.165, 1.54) is 6.07 Å². The van der Waals surface area contributed by atoms with Crippen LogP contribution in [0.5, 0.6) is 0 Å². The van der Waals surface area contributed by atoms with Crippen molar-refractivity contribution >= 4 is 18.3 Å². The smallest absolute Gasteiger partial charge is 0.399 e. The quantitative estimate of drug-likeness (QED) is 0.795. The van der Waals surface area contributed by atoms with Crippen LogP contribution in [-0.2, 0) is 14.0 Å². The van der Waals surface area contributed by atoms with Crippen molar-refractivity contribution in [2.75, 3.05) is 24.6 Å².